The molecular weight excluding hydrogens is 741 g/mol. The summed E-state index contributed by atoms with van der Waals surface area (Å²) in [6.07, 6.45) is 67.1. The van der Waals surface area contributed by atoms with Crippen molar-refractivity contribution in [3.8, 4) is 0 Å². The van der Waals surface area contributed by atoms with Crippen LogP contribution in [-0.4, -0.2) is 37.9 Å². The van der Waals surface area contributed by atoms with E-state index >= 15 is 0 Å². The fraction of sp³-hybridized carbons (Fsp3) is 0.673. The van der Waals surface area contributed by atoms with Gasteiger partial charge >= 0.3 is 11.9 Å². The van der Waals surface area contributed by atoms with Crippen molar-refractivity contribution in [2.24, 2.45) is 0 Å². The van der Waals surface area contributed by atoms with E-state index in [2.05, 4.69) is 112 Å². The molecule has 0 saturated heterocycles. The zero-order valence-electron chi connectivity index (χ0n) is 39.2. The van der Waals surface area contributed by atoms with Crippen molar-refractivity contribution < 1.29 is 23.8 Å². The summed E-state index contributed by atoms with van der Waals surface area (Å²) in [5, 5.41) is 0. The smallest absolute Gasteiger partial charge is 0.306 e. The van der Waals surface area contributed by atoms with Gasteiger partial charge in [0.25, 0.3) is 0 Å². The Balaban J connectivity index is 4.38. The van der Waals surface area contributed by atoms with Crippen LogP contribution in [0.15, 0.2) is 97.2 Å². The first-order chi connectivity index (χ1) is 29.6. The second-order valence-electron chi connectivity index (χ2n) is 16.0. The molecule has 1 atom stereocenters. The van der Waals surface area contributed by atoms with Gasteiger partial charge in [0.1, 0.15) is 6.61 Å². The Morgan fingerprint density at radius 3 is 1.33 bits per heavy atom. The van der Waals surface area contributed by atoms with E-state index in [0.29, 0.717) is 19.4 Å². The highest BCUT2D eigenvalue weighted by molar-refractivity contribution is 5.70. The van der Waals surface area contributed by atoms with Crippen molar-refractivity contribution in [3.63, 3.8) is 0 Å². The van der Waals surface area contributed by atoms with Gasteiger partial charge in [-0.3, -0.25) is 9.59 Å². The highest BCUT2D eigenvalue weighted by atomic mass is 16.6. The molecule has 0 aliphatic rings. The van der Waals surface area contributed by atoms with Gasteiger partial charge in [-0.25, -0.2) is 0 Å². The standard InChI is InChI=1S/C55H92O5/c1-4-7-10-13-16-19-22-25-27-28-29-31-33-36-39-42-45-48-54(56)59-52-53(51-58-50-47-44-41-38-35-32-26-23-20-17-14-11-8-5-2)60-55(57)49-46-43-40-37-34-30-24-21-18-15-12-9-6-3/h9,11-12,14,16,18-21,23,25,27,30,34,40,43,53H,4-8,10,13,15,17,22,24,26,28-29,31-33,35-39,41-42,44-52H2,1-3H3/b12-9-,14-11-,19-16-,21-18-,23-20-,27-25-,34-30-,43-40-. The van der Waals surface area contributed by atoms with E-state index < -0.39 is 6.10 Å². The number of esters is 2. The van der Waals surface area contributed by atoms with Gasteiger partial charge in [-0.1, -0.05) is 195 Å². The molecule has 0 bridgehead atoms. The number of carbonyl (C=O) groups excluding carboxylic acids is 2. The lowest BCUT2D eigenvalue weighted by Gasteiger charge is -2.18. The predicted molar refractivity (Wildman–Crippen MR) is 260 cm³/mol. The number of hydrogen-bond donors (Lipinski definition) is 0. The molecule has 0 aliphatic heterocycles. The molecular formula is C55H92O5. The van der Waals surface area contributed by atoms with Crippen LogP contribution in [0, 0.1) is 0 Å². The Hall–Kier alpha value is -3.18. The first-order valence-electron chi connectivity index (χ1n) is 24.8. The van der Waals surface area contributed by atoms with Crippen LogP contribution in [0.4, 0.5) is 0 Å². The highest BCUT2D eigenvalue weighted by Crippen LogP contribution is 2.12. The summed E-state index contributed by atoms with van der Waals surface area (Å²) in [6.45, 7) is 7.51. The molecule has 0 radical (unpaired) electrons. The van der Waals surface area contributed by atoms with Crippen LogP contribution in [0.1, 0.15) is 213 Å². The van der Waals surface area contributed by atoms with Gasteiger partial charge in [-0.2, -0.15) is 0 Å². The molecule has 5 nitrogen and oxygen atoms in total. The van der Waals surface area contributed by atoms with E-state index in [1.807, 2.05) is 6.08 Å². The van der Waals surface area contributed by atoms with Gasteiger partial charge < -0.3 is 14.2 Å². The molecule has 0 aliphatic carbocycles. The molecule has 0 rings (SSSR count). The first kappa shape index (κ1) is 56.8. The van der Waals surface area contributed by atoms with Crippen LogP contribution < -0.4 is 0 Å². The average Bonchev–Trinajstić information content (AvgIpc) is 3.25. The van der Waals surface area contributed by atoms with Crippen molar-refractivity contribution in [2.45, 2.75) is 219 Å². The molecule has 1 unspecified atom stereocenters. The van der Waals surface area contributed by atoms with Crippen LogP contribution in [0.3, 0.4) is 0 Å². The number of carbonyl (C=O) groups is 2. The summed E-state index contributed by atoms with van der Waals surface area (Å²) in [6, 6.07) is 0. The Morgan fingerprint density at radius 2 is 0.817 bits per heavy atom. The second-order valence-corrected chi connectivity index (χ2v) is 16.0. The summed E-state index contributed by atoms with van der Waals surface area (Å²) in [5.74, 6) is -0.510. The number of allylic oxidation sites excluding steroid dienone is 16. The third kappa shape index (κ3) is 47.5. The molecule has 60 heavy (non-hydrogen) atoms. The van der Waals surface area contributed by atoms with Crippen molar-refractivity contribution in [3.05, 3.63) is 97.2 Å². The molecule has 0 spiro atoms. The Morgan fingerprint density at radius 1 is 0.383 bits per heavy atom. The average molecular weight is 833 g/mol. The van der Waals surface area contributed by atoms with Crippen molar-refractivity contribution in [1.82, 2.24) is 0 Å². The lowest BCUT2D eigenvalue weighted by atomic mass is 10.1. The summed E-state index contributed by atoms with van der Waals surface area (Å²) in [4.78, 5) is 25.3. The molecule has 0 heterocycles. The summed E-state index contributed by atoms with van der Waals surface area (Å²) >= 11 is 0. The Bertz CT molecular complexity index is 1170. The van der Waals surface area contributed by atoms with E-state index in [4.69, 9.17) is 14.2 Å². The number of unbranched alkanes of at least 4 members (excludes halogenated alkanes) is 17. The molecule has 0 fully saturated rings. The number of ether oxygens (including phenoxy) is 3. The normalized spacial score (nSPS) is 13.1. The van der Waals surface area contributed by atoms with Crippen molar-refractivity contribution in [1.29, 1.82) is 0 Å². The first-order valence-corrected chi connectivity index (χ1v) is 24.8. The lowest BCUT2D eigenvalue weighted by molar-refractivity contribution is -0.162. The van der Waals surface area contributed by atoms with E-state index in [1.54, 1.807) is 0 Å². The van der Waals surface area contributed by atoms with Crippen molar-refractivity contribution >= 4 is 11.9 Å². The minimum Gasteiger partial charge on any atom is -0.462 e. The molecule has 0 aromatic heterocycles. The SMILES string of the molecule is CC/C=C\C/C=C\C/C=C\C/C=C\CCC(=O)OC(COCCCCCCCC/C=C\C/C=C\CCC)COC(=O)CCCCCCCCC/C=C\C/C=C\CCCCC. The Labute approximate surface area is 371 Å². The third-order valence-electron chi connectivity index (χ3n) is 10.1. The monoisotopic (exact) mass is 833 g/mol. The molecule has 342 valence electrons. The topological polar surface area (TPSA) is 61.8 Å². The van der Waals surface area contributed by atoms with Crippen molar-refractivity contribution in [2.75, 3.05) is 19.8 Å². The highest BCUT2D eigenvalue weighted by Gasteiger charge is 2.17. The third-order valence-corrected chi connectivity index (χ3v) is 10.1. The summed E-state index contributed by atoms with van der Waals surface area (Å²) in [7, 11) is 0. The maximum atomic E-state index is 12.7. The minimum atomic E-state index is -0.587. The van der Waals surface area contributed by atoms with Gasteiger partial charge in [0.2, 0.25) is 0 Å². The van der Waals surface area contributed by atoms with E-state index in [-0.39, 0.29) is 31.6 Å². The minimum absolute atomic E-state index is 0.0434. The fourth-order valence-corrected chi connectivity index (χ4v) is 6.41. The van der Waals surface area contributed by atoms with Gasteiger partial charge in [0.15, 0.2) is 6.10 Å². The fourth-order valence-electron chi connectivity index (χ4n) is 6.41. The molecule has 0 N–H and O–H groups in total. The second kappa shape index (κ2) is 50.2. The maximum absolute atomic E-state index is 12.7. The predicted octanol–water partition coefficient (Wildman–Crippen LogP) is 16.7. The van der Waals surface area contributed by atoms with Gasteiger partial charge in [-0.05, 0) is 103 Å². The maximum Gasteiger partial charge on any atom is 0.306 e. The van der Waals surface area contributed by atoms with Crippen LogP contribution >= 0.6 is 0 Å². The molecule has 0 amide bonds. The van der Waals surface area contributed by atoms with Crippen LogP contribution in [0.5, 0.6) is 0 Å². The summed E-state index contributed by atoms with van der Waals surface area (Å²) < 4.78 is 17.3. The van der Waals surface area contributed by atoms with Crippen LogP contribution in [0.2, 0.25) is 0 Å². The van der Waals surface area contributed by atoms with Crippen LogP contribution in [-0.2, 0) is 23.8 Å². The van der Waals surface area contributed by atoms with E-state index in [9.17, 15) is 9.59 Å². The van der Waals surface area contributed by atoms with E-state index in [0.717, 1.165) is 77.0 Å². The van der Waals surface area contributed by atoms with Crippen LogP contribution in [0.25, 0.3) is 0 Å². The zero-order chi connectivity index (χ0) is 43.5. The lowest BCUT2D eigenvalue weighted by Crippen LogP contribution is -2.30. The van der Waals surface area contributed by atoms with Gasteiger partial charge in [0.05, 0.1) is 6.61 Å². The number of rotatable bonds is 44. The zero-order valence-corrected chi connectivity index (χ0v) is 39.2. The molecule has 0 aromatic carbocycles. The van der Waals surface area contributed by atoms with Gasteiger partial charge in [-0.15, -0.1) is 0 Å². The molecule has 0 aromatic rings. The molecule has 5 heteroatoms. The van der Waals surface area contributed by atoms with E-state index in [1.165, 1.54) is 96.3 Å². The van der Waals surface area contributed by atoms with Gasteiger partial charge in [0, 0.05) is 19.4 Å². The Kier molecular flexibility index (Phi) is 47.5. The largest absolute Gasteiger partial charge is 0.462 e. The molecule has 0 saturated carbocycles. The number of hydrogen-bond acceptors (Lipinski definition) is 5. The quantitative estimate of drug-likeness (QED) is 0.0348. The summed E-state index contributed by atoms with van der Waals surface area (Å²) in [5.41, 5.74) is 0.